The van der Waals surface area contributed by atoms with Crippen LogP contribution in [0.2, 0.25) is 0 Å². The lowest BCUT2D eigenvalue weighted by Gasteiger charge is -2.30. The summed E-state index contributed by atoms with van der Waals surface area (Å²) < 4.78 is 29.4. The summed E-state index contributed by atoms with van der Waals surface area (Å²) in [6.45, 7) is 2.11. The van der Waals surface area contributed by atoms with Crippen molar-refractivity contribution in [3.05, 3.63) is 21.8 Å². The van der Waals surface area contributed by atoms with Gasteiger partial charge in [0, 0.05) is 9.61 Å². The summed E-state index contributed by atoms with van der Waals surface area (Å²) in [4.78, 5) is 0.246. The van der Waals surface area contributed by atoms with Crippen molar-refractivity contribution in [3.63, 3.8) is 0 Å². The average Bonchev–Trinajstić information content (AvgIpc) is 2.48. The third kappa shape index (κ3) is 3.40. The lowest BCUT2D eigenvalue weighted by molar-refractivity contribution is 0.301. The maximum atomic E-state index is 12.3. The van der Waals surface area contributed by atoms with Gasteiger partial charge in [0.25, 0.3) is 10.0 Å². The fraction of sp³-hybridized carbons (Fsp3) is 0.533. The molecule has 0 amide bonds. The molecule has 0 spiro atoms. The van der Waals surface area contributed by atoms with Gasteiger partial charge in [0.1, 0.15) is 4.90 Å². The second-order valence-corrected chi connectivity index (χ2v) is 8.83. The Kier molecular flexibility index (Phi) is 4.63. The van der Waals surface area contributed by atoms with Crippen LogP contribution in [0, 0.1) is 9.49 Å². The second kappa shape index (κ2) is 6.35. The third-order valence-electron chi connectivity index (χ3n) is 4.41. The Morgan fingerprint density at radius 3 is 2.77 bits per heavy atom. The van der Waals surface area contributed by atoms with Crippen molar-refractivity contribution in [2.45, 2.75) is 50.0 Å². The quantitative estimate of drug-likeness (QED) is 0.703. The fourth-order valence-corrected chi connectivity index (χ4v) is 4.98. The number of halogens is 1. The molecule has 2 N–H and O–H groups in total. The van der Waals surface area contributed by atoms with E-state index in [9.17, 15) is 8.42 Å². The van der Waals surface area contributed by atoms with Crippen LogP contribution in [-0.4, -0.2) is 20.4 Å². The number of hydrogen-bond acceptors (Lipinski definition) is 4. The molecule has 2 aliphatic rings. The van der Waals surface area contributed by atoms with Crippen LogP contribution in [0.5, 0.6) is 0 Å². The first-order chi connectivity index (χ1) is 10.5. The third-order valence-corrected chi connectivity index (χ3v) is 6.39. The predicted octanol–water partition coefficient (Wildman–Crippen LogP) is 3.32. The van der Waals surface area contributed by atoms with Crippen molar-refractivity contribution < 1.29 is 8.42 Å². The van der Waals surface area contributed by atoms with E-state index in [-0.39, 0.29) is 10.9 Å². The van der Waals surface area contributed by atoms with E-state index in [0.717, 1.165) is 3.57 Å². The largest absolute Gasteiger partial charge is 0.352 e. The molecular weight excluding hydrogens is 413 g/mol. The van der Waals surface area contributed by atoms with Crippen molar-refractivity contribution in [1.82, 2.24) is 5.32 Å². The fourth-order valence-electron chi connectivity index (χ4n) is 3.16. The Balaban J connectivity index is 1.79. The molecule has 1 fully saturated rings. The zero-order valence-electron chi connectivity index (χ0n) is 12.5. The summed E-state index contributed by atoms with van der Waals surface area (Å²) in [7, 11) is -3.63. The van der Waals surface area contributed by atoms with E-state index in [0.29, 0.717) is 17.6 Å². The number of benzene rings is 1. The van der Waals surface area contributed by atoms with Gasteiger partial charge in [-0.25, -0.2) is 0 Å². The molecule has 0 bridgehead atoms. The highest BCUT2D eigenvalue weighted by atomic mass is 127. The summed E-state index contributed by atoms with van der Waals surface area (Å²) in [6.07, 6.45) is 6.22. The highest BCUT2D eigenvalue weighted by Gasteiger charge is 2.27. The first-order valence-electron chi connectivity index (χ1n) is 7.64. The van der Waals surface area contributed by atoms with Gasteiger partial charge in [-0.05, 0) is 66.5 Å². The summed E-state index contributed by atoms with van der Waals surface area (Å²) in [5.41, 5.74) is 0.591. The first-order valence-corrected chi connectivity index (χ1v) is 10.2. The molecule has 1 saturated carbocycles. The molecule has 120 valence electrons. The predicted molar refractivity (Wildman–Crippen MR) is 96.6 cm³/mol. The van der Waals surface area contributed by atoms with Crippen LogP contribution in [0.4, 0.5) is 5.69 Å². The van der Waals surface area contributed by atoms with Crippen molar-refractivity contribution in [3.8, 4) is 0 Å². The van der Waals surface area contributed by atoms with Gasteiger partial charge in [-0.2, -0.15) is 8.42 Å². The van der Waals surface area contributed by atoms with Crippen LogP contribution in [0.15, 0.2) is 27.5 Å². The van der Waals surface area contributed by atoms with Crippen molar-refractivity contribution in [2.75, 3.05) is 5.32 Å². The molecule has 1 aromatic rings. The molecule has 0 saturated heterocycles. The van der Waals surface area contributed by atoms with Crippen LogP contribution < -0.4 is 10.6 Å². The van der Waals surface area contributed by atoms with Gasteiger partial charge < -0.3 is 10.6 Å². The minimum absolute atomic E-state index is 0.215. The molecule has 0 radical (unpaired) electrons. The second-order valence-electron chi connectivity index (χ2n) is 6.01. The van der Waals surface area contributed by atoms with Gasteiger partial charge in [0.15, 0.2) is 0 Å². The molecule has 0 aromatic heterocycles. The smallest absolute Gasteiger partial charge is 0.287 e. The Morgan fingerprint density at radius 1 is 1.32 bits per heavy atom. The molecule has 1 atom stereocenters. The van der Waals surface area contributed by atoms with Crippen LogP contribution in [0.3, 0.4) is 0 Å². The van der Waals surface area contributed by atoms with Gasteiger partial charge in [0.2, 0.25) is 5.96 Å². The van der Waals surface area contributed by atoms with Gasteiger partial charge in [-0.1, -0.05) is 19.3 Å². The number of nitrogens with one attached hydrogen (secondary N) is 2. The Labute approximate surface area is 145 Å². The minimum atomic E-state index is -3.63. The van der Waals surface area contributed by atoms with E-state index in [1.54, 1.807) is 12.1 Å². The SMILES string of the molecule is C[C@H](NC1=NS(=O)(=O)c2cc(I)ccc2N1)C1CCCCC1. The van der Waals surface area contributed by atoms with Gasteiger partial charge in [-0.15, -0.1) is 4.40 Å². The van der Waals surface area contributed by atoms with Crippen LogP contribution in [-0.2, 0) is 10.0 Å². The molecule has 7 heteroatoms. The summed E-state index contributed by atoms with van der Waals surface area (Å²) in [5.74, 6) is 0.922. The van der Waals surface area contributed by atoms with Crippen molar-refractivity contribution in [2.24, 2.45) is 10.3 Å². The molecule has 22 heavy (non-hydrogen) atoms. The molecule has 1 aromatic carbocycles. The highest BCUT2D eigenvalue weighted by Crippen LogP contribution is 2.29. The van der Waals surface area contributed by atoms with Gasteiger partial charge in [-0.3, -0.25) is 0 Å². The zero-order chi connectivity index (χ0) is 15.7. The summed E-state index contributed by atoms with van der Waals surface area (Å²) >= 11 is 2.10. The summed E-state index contributed by atoms with van der Waals surface area (Å²) in [6, 6.07) is 5.53. The standard InChI is InChI=1S/C15H20IN3O2S/c1-10(11-5-3-2-4-6-11)17-15-18-13-8-7-12(16)9-14(13)22(20,21)19-15/h7-11H,2-6H2,1H3,(H2,17,18,19)/t10-/m0/s1. The lowest BCUT2D eigenvalue weighted by Crippen LogP contribution is -2.43. The number of nitrogens with zero attached hydrogens (tertiary/aromatic N) is 1. The Morgan fingerprint density at radius 2 is 2.05 bits per heavy atom. The van der Waals surface area contributed by atoms with E-state index in [2.05, 4.69) is 44.5 Å². The van der Waals surface area contributed by atoms with Crippen LogP contribution in [0.1, 0.15) is 39.0 Å². The molecule has 1 heterocycles. The average molecular weight is 433 g/mol. The number of rotatable bonds is 2. The number of sulfonamides is 1. The van der Waals surface area contributed by atoms with E-state index < -0.39 is 10.0 Å². The lowest BCUT2D eigenvalue weighted by atomic mass is 9.84. The Bertz CT molecular complexity index is 697. The number of fused-ring (bicyclic) bond motifs is 1. The topological polar surface area (TPSA) is 70.6 Å². The molecule has 1 aliphatic carbocycles. The number of guanidine groups is 1. The maximum absolute atomic E-state index is 12.3. The number of anilines is 1. The highest BCUT2D eigenvalue weighted by molar-refractivity contribution is 14.1. The van der Waals surface area contributed by atoms with E-state index in [1.165, 1.54) is 32.1 Å². The van der Waals surface area contributed by atoms with Crippen molar-refractivity contribution >= 4 is 44.3 Å². The van der Waals surface area contributed by atoms with Crippen LogP contribution in [0.25, 0.3) is 0 Å². The molecular formula is C15H20IN3O2S. The molecule has 0 unspecified atom stereocenters. The summed E-state index contributed by atoms with van der Waals surface area (Å²) in [5, 5.41) is 6.36. The normalized spacial score (nSPS) is 22.2. The monoisotopic (exact) mass is 433 g/mol. The minimum Gasteiger partial charge on any atom is -0.352 e. The maximum Gasteiger partial charge on any atom is 0.287 e. The van der Waals surface area contributed by atoms with Crippen molar-refractivity contribution in [1.29, 1.82) is 0 Å². The molecule has 1 aliphatic heterocycles. The van der Waals surface area contributed by atoms with E-state index in [4.69, 9.17) is 0 Å². The van der Waals surface area contributed by atoms with Gasteiger partial charge in [0.05, 0.1) is 5.69 Å². The van der Waals surface area contributed by atoms with E-state index in [1.807, 2.05) is 6.07 Å². The zero-order valence-corrected chi connectivity index (χ0v) is 15.4. The number of hydrogen-bond donors (Lipinski definition) is 2. The Hall–Kier alpha value is -0.830. The first kappa shape index (κ1) is 16.0. The van der Waals surface area contributed by atoms with Crippen LogP contribution >= 0.6 is 22.6 Å². The molecule has 3 rings (SSSR count). The molecule has 5 nitrogen and oxygen atoms in total. The van der Waals surface area contributed by atoms with E-state index >= 15 is 0 Å². The van der Waals surface area contributed by atoms with Gasteiger partial charge >= 0.3 is 0 Å².